The predicted molar refractivity (Wildman–Crippen MR) is 239 cm³/mol. The van der Waals surface area contributed by atoms with E-state index in [2.05, 4.69) is 190 Å². The topological polar surface area (TPSA) is 25.8 Å². The average molecular weight is 727 g/mol. The van der Waals surface area contributed by atoms with Gasteiger partial charge in [-0.15, -0.1) is 0 Å². The van der Waals surface area contributed by atoms with Gasteiger partial charge in [-0.3, -0.25) is 0 Å². The summed E-state index contributed by atoms with van der Waals surface area (Å²) in [6.07, 6.45) is 0. The maximum Gasteiger partial charge on any atom is 0.160 e. The van der Waals surface area contributed by atoms with Gasteiger partial charge in [-0.05, 0) is 95.0 Å². The van der Waals surface area contributed by atoms with Gasteiger partial charge < -0.3 is 0 Å². The Hall–Kier alpha value is -7.16. The summed E-state index contributed by atoms with van der Waals surface area (Å²) in [4.78, 5) is 10.4. The molecular formula is C55H38N2. The van der Waals surface area contributed by atoms with Crippen LogP contribution in [0.15, 0.2) is 194 Å². The van der Waals surface area contributed by atoms with Crippen molar-refractivity contribution in [3.05, 3.63) is 205 Å². The van der Waals surface area contributed by atoms with E-state index in [1.807, 2.05) is 18.2 Å². The summed E-state index contributed by atoms with van der Waals surface area (Å²) in [5, 5.41) is 7.49. The first kappa shape index (κ1) is 33.2. The van der Waals surface area contributed by atoms with Crippen LogP contribution in [0.2, 0.25) is 0 Å². The van der Waals surface area contributed by atoms with Crippen LogP contribution in [0.3, 0.4) is 0 Å². The third-order valence-corrected chi connectivity index (χ3v) is 12.1. The highest BCUT2D eigenvalue weighted by molar-refractivity contribution is 6.06. The highest BCUT2D eigenvalue weighted by atomic mass is 14.9. The van der Waals surface area contributed by atoms with Gasteiger partial charge in [0.05, 0.1) is 11.4 Å². The quantitative estimate of drug-likeness (QED) is 0.176. The lowest BCUT2D eigenvalue weighted by Crippen LogP contribution is -2.15. The van der Waals surface area contributed by atoms with Crippen molar-refractivity contribution in [2.45, 2.75) is 19.3 Å². The molecule has 1 heterocycles. The van der Waals surface area contributed by atoms with Gasteiger partial charge in [0, 0.05) is 22.1 Å². The molecule has 10 aromatic rings. The number of hydrogen-bond donors (Lipinski definition) is 0. The molecule has 9 aromatic carbocycles. The van der Waals surface area contributed by atoms with E-state index < -0.39 is 0 Å². The summed E-state index contributed by atoms with van der Waals surface area (Å²) < 4.78 is 0. The van der Waals surface area contributed by atoms with E-state index in [0.717, 1.165) is 28.1 Å². The zero-order valence-corrected chi connectivity index (χ0v) is 31.9. The third-order valence-electron chi connectivity index (χ3n) is 12.1. The van der Waals surface area contributed by atoms with E-state index in [0.29, 0.717) is 5.82 Å². The van der Waals surface area contributed by atoms with E-state index >= 15 is 0 Å². The van der Waals surface area contributed by atoms with E-state index in [-0.39, 0.29) is 5.41 Å². The van der Waals surface area contributed by atoms with Crippen molar-refractivity contribution in [2.24, 2.45) is 0 Å². The minimum Gasteiger partial charge on any atom is -0.228 e. The highest BCUT2D eigenvalue weighted by Gasteiger charge is 2.37. The molecule has 0 spiro atoms. The molecule has 0 unspecified atom stereocenters. The van der Waals surface area contributed by atoms with Crippen LogP contribution in [-0.2, 0) is 5.41 Å². The number of fused-ring (bicyclic) bond motifs is 7. The number of hydrogen-bond acceptors (Lipinski definition) is 2. The lowest BCUT2D eigenvalue weighted by atomic mass is 9.79. The Kier molecular flexibility index (Phi) is 7.55. The van der Waals surface area contributed by atoms with Crippen LogP contribution in [0.25, 0.3) is 99.6 Å². The first-order valence-electron chi connectivity index (χ1n) is 19.7. The standard InChI is InChI=1S/C55H38N2/c1-55(2)50-33-42(27-28-47(50)49-29-26-37-13-8-9-17-44(37)53(49)55)43-30-31-48(46-19-11-10-18-45(43)46)52-34-51(56-54(57-52)39-14-4-3-5-15-39)38-23-20-36(21-24-38)41-25-22-35-12-6-7-16-40(35)32-41/h3-34H,1-2H3. The summed E-state index contributed by atoms with van der Waals surface area (Å²) in [5.74, 6) is 0.711. The SMILES string of the molecule is CC1(C)c2cc(-c3ccc(-c4cc(-c5ccc(-c6ccc7ccccc7c6)cc5)nc(-c5ccccc5)n4)c4ccccc34)ccc2-c2ccc3ccccc3c21. The first-order valence-corrected chi connectivity index (χ1v) is 19.7. The van der Waals surface area contributed by atoms with Crippen LogP contribution >= 0.6 is 0 Å². The molecule has 1 aliphatic rings. The molecule has 2 nitrogen and oxygen atoms in total. The van der Waals surface area contributed by atoms with Crippen molar-refractivity contribution in [2.75, 3.05) is 0 Å². The fourth-order valence-corrected chi connectivity index (χ4v) is 9.19. The zero-order chi connectivity index (χ0) is 38.1. The fraction of sp³-hybridized carbons (Fsp3) is 0.0545. The number of aromatic nitrogens is 2. The molecule has 268 valence electrons. The monoisotopic (exact) mass is 726 g/mol. The van der Waals surface area contributed by atoms with Gasteiger partial charge in [-0.25, -0.2) is 9.97 Å². The van der Waals surface area contributed by atoms with Crippen molar-refractivity contribution in [3.8, 4) is 67.3 Å². The normalized spacial score (nSPS) is 12.9. The van der Waals surface area contributed by atoms with Gasteiger partial charge in [0.25, 0.3) is 0 Å². The number of rotatable bonds is 5. The second kappa shape index (κ2) is 13.0. The predicted octanol–water partition coefficient (Wildman–Crippen LogP) is 14.6. The molecule has 0 saturated heterocycles. The second-order valence-electron chi connectivity index (χ2n) is 15.8. The van der Waals surface area contributed by atoms with Gasteiger partial charge in [0.15, 0.2) is 5.82 Å². The van der Waals surface area contributed by atoms with Gasteiger partial charge in [0.2, 0.25) is 0 Å². The molecular weight excluding hydrogens is 689 g/mol. The molecule has 0 fully saturated rings. The zero-order valence-electron chi connectivity index (χ0n) is 31.9. The molecule has 0 radical (unpaired) electrons. The highest BCUT2D eigenvalue weighted by Crippen LogP contribution is 2.52. The molecule has 0 amide bonds. The van der Waals surface area contributed by atoms with E-state index in [1.165, 1.54) is 76.8 Å². The van der Waals surface area contributed by atoms with Gasteiger partial charge in [-0.2, -0.15) is 0 Å². The van der Waals surface area contributed by atoms with Crippen LogP contribution in [0.5, 0.6) is 0 Å². The van der Waals surface area contributed by atoms with Crippen molar-refractivity contribution in [3.63, 3.8) is 0 Å². The largest absolute Gasteiger partial charge is 0.228 e. The molecule has 0 atom stereocenters. The summed E-state index contributed by atoms with van der Waals surface area (Å²) in [6, 6.07) is 70.1. The Morgan fingerprint density at radius 3 is 1.70 bits per heavy atom. The van der Waals surface area contributed by atoms with E-state index in [9.17, 15) is 0 Å². The summed E-state index contributed by atoms with van der Waals surface area (Å²) >= 11 is 0. The lowest BCUT2D eigenvalue weighted by Gasteiger charge is -2.24. The smallest absolute Gasteiger partial charge is 0.160 e. The number of nitrogens with zero attached hydrogens (tertiary/aromatic N) is 2. The first-order chi connectivity index (χ1) is 28.0. The van der Waals surface area contributed by atoms with Crippen LogP contribution in [0.1, 0.15) is 25.0 Å². The van der Waals surface area contributed by atoms with Crippen molar-refractivity contribution in [1.82, 2.24) is 9.97 Å². The Morgan fingerprint density at radius 1 is 0.333 bits per heavy atom. The Balaban J connectivity index is 1.02. The van der Waals surface area contributed by atoms with Crippen molar-refractivity contribution in [1.29, 1.82) is 0 Å². The molecule has 1 aliphatic carbocycles. The fourth-order valence-electron chi connectivity index (χ4n) is 9.19. The van der Waals surface area contributed by atoms with E-state index in [1.54, 1.807) is 0 Å². The molecule has 0 aliphatic heterocycles. The molecule has 2 heteroatoms. The maximum atomic E-state index is 5.25. The Morgan fingerprint density at radius 2 is 0.895 bits per heavy atom. The van der Waals surface area contributed by atoms with Crippen LogP contribution in [0.4, 0.5) is 0 Å². The Labute approximate surface area is 332 Å². The summed E-state index contributed by atoms with van der Waals surface area (Å²) in [6.45, 7) is 4.76. The van der Waals surface area contributed by atoms with Gasteiger partial charge in [-0.1, -0.05) is 190 Å². The molecule has 0 bridgehead atoms. The maximum absolute atomic E-state index is 5.25. The van der Waals surface area contributed by atoms with Crippen LogP contribution < -0.4 is 0 Å². The van der Waals surface area contributed by atoms with E-state index in [4.69, 9.17) is 9.97 Å². The average Bonchev–Trinajstić information content (AvgIpc) is 3.51. The van der Waals surface area contributed by atoms with Gasteiger partial charge in [0.1, 0.15) is 0 Å². The lowest BCUT2D eigenvalue weighted by molar-refractivity contribution is 0.666. The second-order valence-corrected chi connectivity index (χ2v) is 15.8. The minimum absolute atomic E-state index is 0.129. The third kappa shape index (κ3) is 5.48. The molecule has 0 N–H and O–H groups in total. The van der Waals surface area contributed by atoms with Gasteiger partial charge >= 0.3 is 0 Å². The molecule has 11 rings (SSSR count). The van der Waals surface area contributed by atoms with Crippen molar-refractivity contribution < 1.29 is 0 Å². The number of benzene rings is 9. The van der Waals surface area contributed by atoms with Crippen LogP contribution in [-0.4, -0.2) is 9.97 Å². The molecule has 1 aromatic heterocycles. The Bertz CT molecular complexity index is 3190. The molecule has 0 saturated carbocycles. The minimum atomic E-state index is -0.129. The summed E-state index contributed by atoms with van der Waals surface area (Å²) in [7, 11) is 0. The van der Waals surface area contributed by atoms with Crippen molar-refractivity contribution >= 4 is 32.3 Å². The summed E-state index contributed by atoms with van der Waals surface area (Å²) in [5.41, 5.74) is 15.1. The van der Waals surface area contributed by atoms with Crippen LogP contribution in [0, 0.1) is 0 Å². The molecule has 57 heavy (non-hydrogen) atoms.